The van der Waals surface area contributed by atoms with Crippen molar-refractivity contribution in [3.8, 4) is 0 Å². The van der Waals surface area contributed by atoms with Crippen LogP contribution in [0.5, 0.6) is 0 Å². The fourth-order valence-corrected chi connectivity index (χ4v) is 2.11. The van der Waals surface area contributed by atoms with E-state index in [4.69, 9.17) is 0 Å². The average Bonchev–Trinajstić information content (AvgIpc) is 2.34. The van der Waals surface area contributed by atoms with Crippen molar-refractivity contribution in [2.45, 2.75) is 78.6 Å². The lowest BCUT2D eigenvalue weighted by atomic mass is 9.97. The Kier molecular flexibility index (Phi) is 13.1. The molecule has 0 amide bonds. The topological polar surface area (TPSA) is 0 Å². The number of hydrogen-bond acceptors (Lipinski definition) is 0. The fourth-order valence-electron chi connectivity index (χ4n) is 2.11. The Morgan fingerprint density at radius 1 is 0.882 bits per heavy atom. The maximum atomic E-state index is 2.40. The molecule has 0 aliphatic carbocycles. The summed E-state index contributed by atoms with van der Waals surface area (Å²) in [6, 6.07) is 0. The van der Waals surface area contributed by atoms with E-state index >= 15 is 0 Å². The van der Waals surface area contributed by atoms with Gasteiger partial charge in [0.15, 0.2) is 0 Å². The van der Waals surface area contributed by atoms with Crippen LogP contribution in [0.3, 0.4) is 0 Å². The summed E-state index contributed by atoms with van der Waals surface area (Å²) >= 11 is 0. The lowest BCUT2D eigenvalue weighted by Gasteiger charge is -2.08. The van der Waals surface area contributed by atoms with Crippen LogP contribution in [0.2, 0.25) is 0 Å². The number of hydrogen-bond donors (Lipinski definition) is 0. The summed E-state index contributed by atoms with van der Waals surface area (Å²) < 4.78 is 0. The third-order valence-corrected chi connectivity index (χ3v) is 3.22. The second kappa shape index (κ2) is 13.5. The summed E-state index contributed by atoms with van der Waals surface area (Å²) in [5.74, 6) is 0.770. The molecule has 17 heavy (non-hydrogen) atoms. The molecule has 0 fully saturated rings. The van der Waals surface area contributed by atoms with Crippen molar-refractivity contribution in [2.75, 3.05) is 0 Å². The normalized spacial score (nSPS) is 13.8. The zero-order chi connectivity index (χ0) is 12.8. The second-order valence-corrected chi connectivity index (χ2v) is 4.98. The van der Waals surface area contributed by atoms with E-state index in [1.807, 2.05) is 0 Å². The maximum absolute atomic E-state index is 2.40. The highest BCUT2D eigenvalue weighted by Crippen LogP contribution is 2.15. The molecule has 0 heteroatoms. The van der Waals surface area contributed by atoms with Crippen LogP contribution in [0, 0.1) is 5.92 Å². The van der Waals surface area contributed by atoms with Gasteiger partial charge in [-0.3, -0.25) is 0 Å². The summed E-state index contributed by atoms with van der Waals surface area (Å²) in [6.45, 7) is 6.68. The molecule has 0 aromatic carbocycles. The molecule has 0 saturated heterocycles. The van der Waals surface area contributed by atoms with E-state index in [0.717, 1.165) is 5.92 Å². The molecule has 0 aromatic heterocycles. The van der Waals surface area contributed by atoms with Crippen LogP contribution in [0.1, 0.15) is 78.6 Å². The lowest BCUT2D eigenvalue weighted by molar-refractivity contribution is 0.559. The molecule has 0 bridgehead atoms. The molecule has 0 aliphatic heterocycles. The Labute approximate surface area is 109 Å². The molecule has 0 spiro atoms. The molecule has 0 aromatic rings. The van der Waals surface area contributed by atoms with Crippen LogP contribution in [0.4, 0.5) is 0 Å². The van der Waals surface area contributed by atoms with Crippen LogP contribution >= 0.6 is 0 Å². The smallest absolute Gasteiger partial charge is 0.0199 e. The van der Waals surface area contributed by atoms with Gasteiger partial charge in [0.1, 0.15) is 0 Å². The highest BCUT2D eigenvalue weighted by molar-refractivity contribution is 4.92. The van der Waals surface area contributed by atoms with Gasteiger partial charge in [0, 0.05) is 0 Å². The van der Waals surface area contributed by atoms with Gasteiger partial charge in [0.25, 0.3) is 0 Å². The van der Waals surface area contributed by atoms with Gasteiger partial charge in [-0.05, 0) is 38.5 Å². The maximum Gasteiger partial charge on any atom is -0.0199 e. The minimum Gasteiger partial charge on any atom is -0.0914 e. The largest absolute Gasteiger partial charge is 0.0914 e. The summed E-state index contributed by atoms with van der Waals surface area (Å²) in [6.07, 6.45) is 21.4. The van der Waals surface area contributed by atoms with Gasteiger partial charge in [-0.25, -0.2) is 0 Å². The van der Waals surface area contributed by atoms with Gasteiger partial charge >= 0.3 is 0 Å². The Balaban J connectivity index is 3.60. The predicted octanol–water partition coefficient (Wildman–Crippen LogP) is 6.29. The van der Waals surface area contributed by atoms with Crippen LogP contribution < -0.4 is 0 Å². The summed E-state index contributed by atoms with van der Waals surface area (Å²) in [5.41, 5.74) is 0. The molecule has 0 N–H and O–H groups in total. The third kappa shape index (κ3) is 11.7. The predicted molar refractivity (Wildman–Crippen MR) is 80.3 cm³/mol. The van der Waals surface area contributed by atoms with E-state index < -0.39 is 0 Å². The summed E-state index contributed by atoms with van der Waals surface area (Å²) in [5, 5.41) is 0. The lowest BCUT2D eigenvalue weighted by Crippen LogP contribution is -1.94. The third-order valence-electron chi connectivity index (χ3n) is 3.22. The second-order valence-electron chi connectivity index (χ2n) is 4.98. The summed E-state index contributed by atoms with van der Waals surface area (Å²) in [4.78, 5) is 0. The van der Waals surface area contributed by atoms with Gasteiger partial charge in [-0.1, -0.05) is 70.3 Å². The van der Waals surface area contributed by atoms with E-state index in [-0.39, 0.29) is 0 Å². The molecule has 0 aliphatic rings. The fraction of sp³-hybridized carbons (Fsp3) is 0.765. The summed E-state index contributed by atoms with van der Waals surface area (Å²) in [7, 11) is 0. The molecule has 0 heterocycles. The molecular weight excluding hydrogens is 204 g/mol. The van der Waals surface area contributed by atoms with Crippen LogP contribution in [-0.4, -0.2) is 0 Å². The van der Waals surface area contributed by atoms with Crippen molar-refractivity contribution in [2.24, 2.45) is 5.92 Å². The molecule has 0 radical (unpaired) electrons. The van der Waals surface area contributed by atoms with Crippen molar-refractivity contribution in [3.05, 3.63) is 24.3 Å². The Morgan fingerprint density at radius 3 is 2.29 bits per heavy atom. The van der Waals surface area contributed by atoms with Crippen LogP contribution in [0.25, 0.3) is 0 Å². The molecule has 0 saturated carbocycles. The van der Waals surface area contributed by atoms with E-state index in [0.29, 0.717) is 0 Å². The number of allylic oxidation sites excluding steroid dienone is 4. The minimum absolute atomic E-state index is 0.770. The average molecular weight is 236 g/mol. The monoisotopic (exact) mass is 236 g/mol. The first-order valence-electron chi connectivity index (χ1n) is 7.62. The quantitative estimate of drug-likeness (QED) is 0.292. The van der Waals surface area contributed by atoms with Gasteiger partial charge in [-0.2, -0.15) is 0 Å². The highest BCUT2D eigenvalue weighted by Gasteiger charge is 2.00. The van der Waals surface area contributed by atoms with Crippen LogP contribution in [-0.2, 0) is 0 Å². The SMILES string of the molecule is C/C=C\C(C/C=C/CCCCCC)CCCC. The van der Waals surface area contributed by atoms with Crippen molar-refractivity contribution in [1.29, 1.82) is 0 Å². The molecule has 0 rings (SSSR count). The molecule has 1 unspecified atom stereocenters. The van der Waals surface area contributed by atoms with Gasteiger partial charge < -0.3 is 0 Å². The zero-order valence-corrected chi connectivity index (χ0v) is 12.3. The van der Waals surface area contributed by atoms with Crippen molar-refractivity contribution < 1.29 is 0 Å². The Bertz CT molecular complexity index is 188. The molecule has 0 nitrogen and oxygen atoms in total. The highest BCUT2D eigenvalue weighted by atomic mass is 14.1. The zero-order valence-electron chi connectivity index (χ0n) is 12.3. The van der Waals surface area contributed by atoms with E-state index in [1.165, 1.54) is 57.8 Å². The first-order valence-corrected chi connectivity index (χ1v) is 7.62. The Hall–Kier alpha value is -0.520. The Morgan fingerprint density at radius 2 is 1.65 bits per heavy atom. The van der Waals surface area contributed by atoms with Gasteiger partial charge in [0.05, 0.1) is 0 Å². The standard InChI is InChI=1S/C17H32/c1-4-7-9-10-11-12-13-16-17(14-6-3)15-8-5-2/h6,12-14,17H,4-5,7-11,15-16H2,1-3H3/b13-12+,14-6-. The van der Waals surface area contributed by atoms with Crippen molar-refractivity contribution in [1.82, 2.24) is 0 Å². The van der Waals surface area contributed by atoms with Crippen LogP contribution in [0.15, 0.2) is 24.3 Å². The van der Waals surface area contributed by atoms with Gasteiger partial charge in [0.2, 0.25) is 0 Å². The van der Waals surface area contributed by atoms with Crippen molar-refractivity contribution in [3.63, 3.8) is 0 Å². The number of rotatable bonds is 11. The first-order chi connectivity index (χ1) is 8.35. The van der Waals surface area contributed by atoms with E-state index in [9.17, 15) is 0 Å². The minimum atomic E-state index is 0.770. The first kappa shape index (κ1) is 16.5. The van der Waals surface area contributed by atoms with Gasteiger partial charge in [-0.15, -0.1) is 0 Å². The molecular formula is C17H32. The molecule has 1 atom stereocenters. The molecule has 100 valence electrons. The number of unbranched alkanes of at least 4 members (excludes halogenated alkanes) is 5. The van der Waals surface area contributed by atoms with E-state index in [2.05, 4.69) is 45.1 Å². The van der Waals surface area contributed by atoms with Crippen molar-refractivity contribution >= 4 is 0 Å². The van der Waals surface area contributed by atoms with E-state index in [1.54, 1.807) is 0 Å².